The number of phenolic OH excluding ortho intramolecular Hbond substituents is 1. The van der Waals surface area contributed by atoms with Crippen molar-refractivity contribution in [2.24, 2.45) is 0 Å². The topological polar surface area (TPSA) is 135 Å². The predicted octanol–water partition coefficient (Wildman–Crippen LogP) is 5.59. The van der Waals surface area contributed by atoms with Crippen LogP contribution in [0.4, 0.5) is 15.3 Å². The van der Waals surface area contributed by atoms with Crippen LogP contribution in [-0.2, 0) is 31.9 Å². The molecule has 0 radical (unpaired) electrons. The average molecular weight is 777 g/mol. The van der Waals surface area contributed by atoms with Crippen molar-refractivity contribution in [3.05, 3.63) is 58.7 Å². The number of aryl methyl sites for hydroxylation is 2. The van der Waals surface area contributed by atoms with Crippen molar-refractivity contribution in [2.45, 2.75) is 104 Å². The third-order valence-electron chi connectivity index (χ3n) is 11.7. The minimum absolute atomic E-state index is 0.000151. The molecule has 4 amide bonds. The first kappa shape index (κ1) is 42.8. The maximum atomic E-state index is 14.1. The Morgan fingerprint density at radius 1 is 0.821 bits per heavy atom. The number of anilines is 1. The fraction of sp³-hybridized carbons (Fsp3) is 0.628. The van der Waals surface area contributed by atoms with Gasteiger partial charge in [0.1, 0.15) is 5.75 Å². The molecule has 13 nitrogen and oxygen atoms in total. The number of carbonyl (C=O) groups is 4. The number of likely N-dealkylation sites (tertiary alicyclic amines) is 2. The maximum Gasteiger partial charge on any atom is 0.410 e. The molecule has 0 unspecified atom stereocenters. The second-order valence-electron chi connectivity index (χ2n) is 15.6. The first-order valence-corrected chi connectivity index (χ1v) is 20.8. The molecule has 6 rings (SSSR count). The molecule has 0 spiro atoms. The number of benzene rings is 2. The van der Waals surface area contributed by atoms with Crippen LogP contribution in [0.15, 0.2) is 36.4 Å². The molecule has 3 fully saturated rings. The minimum atomic E-state index is -1.01. The summed E-state index contributed by atoms with van der Waals surface area (Å²) in [7, 11) is 0. The van der Waals surface area contributed by atoms with Gasteiger partial charge in [0.25, 0.3) is 5.91 Å². The number of ether oxygens (including phenoxy) is 2. The maximum absolute atomic E-state index is 14.1. The highest BCUT2D eigenvalue weighted by Crippen LogP contribution is 2.27. The van der Waals surface area contributed by atoms with Crippen LogP contribution in [0, 0.1) is 13.8 Å². The standard InChI is InChI=1S/C39H54N6O7.C4H10/c1-4-51-35(46)26-41-14-10-31(11-15-41)42-19-21-43(22-20-42)37(48)34(25-29-23-27(2)36(47)28(3)24-29)52-39(50)44-16-12-32(13-17-44)45-18-9-30-7-5-6-8-33(30)40-38(45)49;1-3-4-2/h5-8,23-24,31-32,34,47H,4,9-22,25-26H2,1-3H3,(H,40,49);3-4H2,1-2H3/t34-;/m1./s1. The van der Waals surface area contributed by atoms with Gasteiger partial charge in [-0.15, -0.1) is 0 Å². The summed E-state index contributed by atoms with van der Waals surface area (Å²) in [5.74, 6) is -0.174. The smallest absolute Gasteiger partial charge is 0.410 e. The molecule has 2 aromatic carbocycles. The third kappa shape index (κ3) is 11.4. The van der Waals surface area contributed by atoms with Gasteiger partial charge in [-0.2, -0.15) is 0 Å². The molecule has 308 valence electrons. The van der Waals surface area contributed by atoms with Crippen LogP contribution < -0.4 is 5.32 Å². The van der Waals surface area contributed by atoms with Gasteiger partial charge in [-0.1, -0.05) is 57.0 Å². The normalized spacial score (nSPS) is 19.2. The van der Waals surface area contributed by atoms with Crippen LogP contribution >= 0.6 is 0 Å². The van der Waals surface area contributed by atoms with Crippen molar-refractivity contribution >= 4 is 29.7 Å². The van der Waals surface area contributed by atoms with Gasteiger partial charge < -0.3 is 34.6 Å². The molecule has 4 heterocycles. The number of aromatic hydroxyl groups is 1. The molecule has 2 N–H and O–H groups in total. The van der Waals surface area contributed by atoms with E-state index in [2.05, 4.69) is 29.0 Å². The minimum Gasteiger partial charge on any atom is -0.507 e. The first-order valence-electron chi connectivity index (χ1n) is 20.8. The summed E-state index contributed by atoms with van der Waals surface area (Å²) in [5.41, 5.74) is 4.19. The van der Waals surface area contributed by atoms with E-state index < -0.39 is 12.2 Å². The fourth-order valence-electron chi connectivity index (χ4n) is 8.19. The molecule has 4 aliphatic heterocycles. The van der Waals surface area contributed by atoms with Crippen molar-refractivity contribution < 1.29 is 33.8 Å². The Hall–Kier alpha value is -4.36. The Morgan fingerprint density at radius 2 is 1.45 bits per heavy atom. The molecule has 56 heavy (non-hydrogen) atoms. The van der Waals surface area contributed by atoms with Crippen LogP contribution in [0.5, 0.6) is 5.75 Å². The number of fused-ring (bicyclic) bond motifs is 1. The molecule has 0 bridgehead atoms. The van der Waals surface area contributed by atoms with Crippen molar-refractivity contribution in [2.75, 3.05) is 77.4 Å². The number of urea groups is 1. The molecular formula is C43H64N6O7. The van der Waals surface area contributed by atoms with E-state index in [9.17, 15) is 24.3 Å². The number of hydrogen-bond acceptors (Lipinski definition) is 9. The molecule has 1 atom stereocenters. The molecule has 0 saturated carbocycles. The van der Waals surface area contributed by atoms with Crippen LogP contribution in [0.3, 0.4) is 0 Å². The van der Waals surface area contributed by atoms with E-state index in [-0.39, 0.29) is 36.1 Å². The molecular weight excluding hydrogens is 713 g/mol. The van der Waals surface area contributed by atoms with E-state index in [0.717, 1.165) is 62.3 Å². The van der Waals surface area contributed by atoms with Crippen LogP contribution in [-0.4, -0.2) is 144 Å². The largest absolute Gasteiger partial charge is 0.507 e. The number of piperidine rings is 2. The first-order chi connectivity index (χ1) is 27.0. The van der Waals surface area contributed by atoms with E-state index in [4.69, 9.17) is 9.47 Å². The Bertz CT molecular complexity index is 1610. The summed E-state index contributed by atoms with van der Waals surface area (Å²) in [6, 6.07) is 11.8. The van der Waals surface area contributed by atoms with Crippen molar-refractivity contribution in [3.63, 3.8) is 0 Å². The predicted molar refractivity (Wildman–Crippen MR) is 217 cm³/mol. The number of para-hydroxylation sites is 1. The fourth-order valence-corrected chi connectivity index (χ4v) is 8.19. The Morgan fingerprint density at radius 3 is 2.07 bits per heavy atom. The second kappa shape index (κ2) is 20.7. The molecule has 0 aliphatic carbocycles. The Balaban J connectivity index is 0.00000143. The van der Waals surface area contributed by atoms with Crippen LogP contribution in [0.2, 0.25) is 0 Å². The lowest BCUT2D eigenvalue weighted by atomic mass is 10.00. The highest BCUT2D eigenvalue weighted by Gasteiger charge is 2.36. The lowest BCUT2D eigenvalue weighted by molar-refractivity contribution is -0.144. The van der Waals surface area contributed by atoms with Gasteiger partial charge in [-0.3, -0.25) is 19.4 Å². The lowest BCUT2D eigenvalue weighted by Crippen LogP contribution is -2.57. The Kier molecular flexibility index (Phi) is 15.8. The van der Waals surface area contributed by atoms with Crippen molar-refractivity contribution in [1.29, 1.82) is 0 Å². The number of piperazine rings is 1. The quantitative estimate of drug-likeness (QED) is 0.296. The lowest BCUT2D eigenvalue weighted by Gasteiger charge is -2.43. The summed E-state index contributed by atoms with van der Waals surface area (Å²) < 4.78 is 11.2. The summed E-state index contributed by atoms with van der Waals surface area (Å²) in [5, 5.41) is 13.4. The third-order valence-corrected chi connectivity index (χ3v) is 11.7. The highest BCUT2D eigenvalue weighted by molar-refractivity contribution is 5.91. The van der Waals surface area contributed by atoms with E-state index in [0.29, 0.717) is 75.9 Å². The number of carbonyl (C=O) groups excluding carboxylic acids is 4. The number of nitrogens with zero attached hydrogens (tertiary/aromatic N) is 5. The SMILES string of the molecule is CCCC.CCOC(=O)CN1CCC(N2CCN(C(=O)[C@@H](Cc3cc(C)c(O)c(C)c3)OC(=O)N3CCC(N4CCc5ccccc5NC4=O)CC3)CC2)CC1. The summed E-state index contributed by atoms with van der Waals surface area (Å²) in [6.07, 6.45) is 5.24. The number of amides is 4. The van der Waals surface area contributed by atoms with Crippen molar-refractivity contribution in [1.82, 2.24) is 24.5 Å². The zero-order valence-corrected chi connectivity index (χ0v) is 34.3. The molecule has 3 saturated heterocycles. The van der Waals surface area contributed by atoms with Crippen LogP contribution in [0.1, 0.15) is 81.5 Å². The van der Waals surface area contributed by atoms with Gasteiger partial charge in [0, 0.05) is 83.1 Å². The van der Waals surface area contributed by atoms with Gasteiger partial charge >= 0.3 is 18.1 Å². The monoisotopic (exact) mass is 776 g/mol. The van der Waals surface area contributed by atoms with Gasteiger partial charge in [0.2, 0.25) is 0 Å². The number of rotatable bonds is 10. The van der Waals surface area contributed by atoms with E-state index in [1.165, 1.54) is 12.8 Å². The molecule has 4 aliphatic rings. The van der Waals surface area contributed by atoms with Crippen LogP contribution in [0.25, 0.3) is 0 Å². The number of esters is 1. The second-order valence-corrected chi connectivity index (χ2v) is 15.6. The number of phenols is 1. The zero-order chi connectivity index (χ0) is 40.2. The van der Waals surface area contributed by atoms with E-state index in [1.807, 2.05) is 67.0 Å². The van der Waals surface area contributed by atoms with Crippen molar-refractivity contribution in [3.8, 4) is 5.75 Å². The highest BCUT2D eigenvalue weighted by atomic mass is 16.6. The Labute approximate surface area is 333 Å². The molecule has 13 heteroatoms. The van der Waals surface area contributed by atoms with Gasteiger partial charge in [0.15, 0.2) is 6.10 Å². The average Bonchev–Trinajstić information content (AvgIpc) is 3.38. The zero-order valence-electron chi connectivity index (χ0n) is 34.3. The summed E-state index contributed by atoms with van der Waals surface area (Å²) in [6.45, 7) is 16.2. The summed E-state index contributed by atoms with van der Waals surface area (Å²) >= 11 is 0. The van der Waals surface area contributed by atoms with Gasteiger partial charge in [-0.05, 0) is 81.2 Å². The molecule has 0 aromatic heterocycles. The summed E-state index contributed by atoms with van der Waals surface area (Å²) in [4.78, 5) is 62.8. The van der Waals surface area contributed by atoms with E-state index >= 15 is 0 Å². The van der Waals surface area contributed by atoms with Gasteiger partial charge in [0.05, 0.1) is 13.2 Å². The van der Waals surface area contributed by atoms with Gasteiger partial charge in [-0.25, -0.2) is 9.59 Å². The number of unbranched alkanes of at least 4 members (excludes halogenated alkanes) is 1. The number of nitrogens with one attached hydrogen (secondary N) is 1. The van der Waals surface area contributed by atoms with E-state index in [1.54, 1.807) is 4.90 Å². The number of hydrogen-bond donors (Lipinski definition) is 2. The molecule has 2 aromatic rings.